The summed E-state index contributed by atoms with van der Waals surface area (Å²) in [6, 6.07) is 16.4. The molecule has 0 radical (unpaired) electrons. The van der Waals surface area contributed by atoms with Gasteiger partial charge in [-0.25, -0.2) is 4.99 Å². The lowest BCUT2D eigenvalue weighted by Crippen LogP contribution is -2.32. The minimum absolute atomic E-state index is 0.178. The summed E-state index contributed by atoms with van der Waals surface area (Å²) in [6.07, 6.45) is 2.92. The van der Waals surface area contributed by atoms with Crippen LogP contribution in [0.1, 0.15) is 30.0 Å². The van der Waals surface area contributed by atoms with Crippen LogP contribution in [0.25, 0.3) is 0 Å². The Morgan fingerprint density at radius 3 is 2.81 bits per heavy atom. The van der Waals surface area contributed by atoms with Gasteiger partial charge in [0.05, 0.1) is 29.6 Å². The number of aliphatic imine (C=N–C) groups is 1. The highest BCUT2D eigenvalue weighted by Gasteiger charge is 2.30. The summed E-state index contributed by atoms with van der Waals surface area (Å²) in [5.41, 5.74) is 3.48. The summed E-state index contributed by atoms with van der Waals surface area (Å²) >= 11 is 1.58. The molecular weight excluding hydrogens is 344 g/mol. The van der Waals surface area contributed by atoms with E-state index < -0.39 is 0 Å². The molecule has 0 spiro atoms. The Balaban J connectivity index is 1.38. The topological polar surface area (TPSA) is 41.9 Å². The molecular formula is C21H22N2O2S. The molecule has 0 saturated carbocycles. The highest BCUT2D eigenvalue weighted by Crippen LogP contribution is 2.34. The molecule has 2 heterocycles. The maximum atomic E-state index is 12.8. The molecule has 1 fully saturated rings. The number of carbonyl (C=O) groups excluding carboxylic acids is 1. The number of rotatable bonds is 4. The second kappa shape index (κ2) is 7.54. The van der Waals surface area contributed by atoms with Crippen LogP contribution >= 0.6 is 11.8 Å². The van der Waals surface area contributed by atoms with Crippen LogP contribution in [0.5, 0.6) is 5.75 Å². The first kappa shape index (κ1) is 17.2. The number of ether oxygens (including phenoxy) is 1. The molecule has 4 nitrogen and oxygen atoms in total. The van der Waals surface area contributed by atoms with Crippen molar-refractivity contribution in [2.75, 3.05) is 19.4 Å². The predicted octanol–water partition coefficient (Wildman–Crippen LogP) is 4.38. The second-order valence-electron chi connectivity index (χ2n) is 6.62. The van der Waals surface area contributed by atoms with Crippen LogP contribution in [0.15, 0.2) is 53.5 Å². The number of amides is 1. The van der Waals surface area contributed by atoms with Crippen LogP contribution in [-0.4, -0.2) is 35.3 Å². The molecule has 0 aliphatic carbocycles. The Morgan fingerprint density at radius 1 is 1.23 bits per heavy atom. The van der Waals surface area contributed by atoms with E-state index in [0.29, 0.717) is 5.75 Å². The van der Waals surface area contributed by atoms with Crippen molar-refractivity contribution in [2.45, 2.75) is 25.3 Å². The van der Waals surface area contributed by atoms with Crippen molar-refractivity contribution >= 4 is 28.4 Å². The normalized spacial score (nSPS) is 18.6. The summed E-state index contributed by atoms with van der Waals surface area (Å²) in [6.45, 7) is 0.836. The monoisotopic (exact) mass is 366 g/mol. The molecule has 2 aromatic rings. The summed E-state index contributed by atoms with van der Waals surface area (Å²) in [5, 5.41) is 1.04. The molecule has 2 aliphatic rings. The van der Waals surface area contributed by atoms with Gasteiger partial charge in [0.1, 0.15) is 5.75 Å². The van der Waals surface area contributed by atoms with E-state index in [2.05, 4.69) is 23.2 Å². The van der Waals surface area contributed by atoms with E-state index in [1.54, 1.807) is 18.9 Å². The van der Waals surface area contributed by atoms with E-state index in [4.69, 9.17) is 4.74 Å². The average molecular weight is 366 g/mol. The van der Waals surface area contributed by atoms with Crippen molar-refractivity contribution < 1.29 is 9.53 Å². The van der Waals surface area contributed by atoms with Crippen LogP contribution in [-0.2, 0) is 11.2 Å². The van der Waals surface area contributed by atoms with Gasteiger partial charge in [-0.3, -0.25) is 4.79 Å². The van der Waals surface area contributed by atoms with Gasteiger partial charge in [-0.05, 0) is 42.2 Å². The molecule has 1 saturated heterocycles. The molecule has 5 heteroatoms. The quantitative estimate of drug-likeness (QED) is 0.806. The SMILES string of the molecule is COc1ccc(C2CCCN2C(=O)CSC2=Nc3ccccc3C2)cc1. The van der Waals surface area contributed by atoms with E-state index in [1.807, 2.05) is 35.2 Å². The third-order valence-corrected chi connectivity index (χ3v) is 5.97. The molecule has 134 valence electrons. The largest absolute Gasteiger partial charge is 0.497 e. The van der Waals surface area contributed by atoms with Gasteiger partial charge in [-0.2, -0.15) is 0 Å². The molecule has 26 heavy (non-hydrogen) atoms. The van der Waals surface area contributed by atoms with Crippen molar-refractivity contribution in [1.82, 2.24) is 4.90 Å². The van der Waals surface area contributed by atoms with Gasteiger partial charge >= 0.3 is 0 Å². The number of para-hydroxylation sites is 1. The lowest BCUT2D eigenvalue weighted by atomic mass is 10.0. The number of thioether (sulfide) groups is 1. The molecule has 2 aromatic carbocycles. The van der Waals surface area contributed by atoms with Gasteiger partial charge in [-0.1, -0.05) is 30.3 Å². The molecule has 1 unspecified atom stereocenters. The van der Waals surface area contributed by atoms with Crippen LogP contribution in [0, 0.1) is 0 Å². The van der Waals surface area contributed by atoms with Crippen LogP contribution in [0.4, 0.5) is 5.69 Å². The molecule has 1 atom stereocenters. The number of hydrogen-bond acceptors (Lipinski definition) is 4. The van der Waals surface area contributed by atoms with E-state index in [0.717, 1.165) is 42.3 Å². The Morgan fingerprint density at radius 2 is 2.04 bits per heavy atom. The lowest BCUT2D eigenvalue weighted by Gasteiger charge is -2.25. The highest BCUT2D eigenvalue weighted by molar-refractivity contribution is 8.14. The number of nitrogens with zero attached hydrogens (tertiary/aromatic N) is 2. The number of benzene rings is 2. The van der Waals surface area contributed by atoms with Crippen molar-refractivity contribution in [3.8, 4) is 5.75 Å². The molecule has 4 rings (SSSR count). The number of methoxy groups -OCH3 is 1. The van der Waals surface area contributed by atoms with Gasteiger partial charge in [0.25, 0.3) is 0 Å². The maximum absolute atomic E-state index is 12.8. The lowest BCUT2D eigenvalue weighted by molar-refractivity contribution is -0.129. The van der Waals surface area contributed by atoms with Crippen LogP contribution in [0.2, 0.25) is 0 Å². The van der Waals surface area contributed by atoms with Crippen LogP contribution < -0.4 is 4.74 Å². The first-order chi connectivity index (χ1) is 12.7. The predicted molar refractivity (Wildman–Crippen MR) is 106 cm³/mol. The summed E-state index contributed by atoms with van der Waals surface area (Å²) in [5.74, 6) is 1.51. The van der Waals surface area contributed by atoms with Crippen molar-refractivity contribution in [1.29, 1.82) is 0 Å². The highest BCUT2D eigenvalue weighted by atomic mass is 32.2. The number of fused-ring (bicyclic) bond motifs is 1. The van der Waals surface area contributed by atoms with Gasteiger partial charge in [0, 0.05) is 13.0 Å². The zero-order valence-corrected chi connectivity index (χ0v) is 15.7. The summed E-state index contributed by atoms with van der Waals surface area (Å²) in [4.78, 5) is 19.5. The van der Waals surface area contributed by atoms with Gasteiger partial charge in [0.2, 0.25) is 5.91 Å². The molecule has 0 aromatic heterocycles. The fourth-order valence-electron chi connectivity index (χ4n) is 3.66. The second-order valence-corrected chi connectivity index (χ2v) is 7.67. The Hall–Kier alpha value is -2.27. The van der Waals surface area contributed by atoms with Crippen molar-refractivity contribution in [3.05, 3.63) is 59.7 Å². The van der Waals surface area contributed by atoms with Gasteiger partial charge < -0.3 is 9.64 Å². The zero-order chi connectivity index (χ0) is 17.9. The van der Waals surface area contributed by atoms with Gasteiger partial charge in [0.15, 0.2) is 0 Å². The first-order valence-electron chi connectivity index (χ1n) is 8.96. The van der Waals surface area contributed by atoms with Crippen LogP contribution in [0.3, 0.4) is 0 Å². The molecule has 1 amide bonds. The molecule has 2 aliphatic heterocycles. The fourth-order valence-corrected chi connectivity index (χ4v) is 4.53. The number of carbonyl (C=O) groups is 1. The third-order valence-electron chi connectivity index (χ3n) is 5.01. The number of hydrogen-bond donors (Lipinski definition) is 0. The number of likely N-dealkylation sites (tertiary alicyclic amines) is 1. The summed E-state index contributed by atoms with van der Waals surface area (Å²) in [7, 11) is 1.67. The Kier molecular flexibility index (Phi) is 4.98. The average Bonchev–Trinajstić information content (AvgIpc) is 3.33. The Bertz CT molecular complexity index is 832. The van der Waals surface area contributed by atoms with Crippen molar-refractivity contribution in [2.24, 2.45) is 4.99 Å². The zero-order valence-electron chi connectivity index (χ0n) is 14.9. The van der Waals surface area contributed by atoms with E-state index >= 15 is 0 Å². The standard InChI is InChI=1S/C21H22N2O2S/c1-25-17-10-8-15(9-11-17)19-7-4-12-23(19)21(24)14-26-20-13-16-5-2-3-6-18(16)22-20/h2-3,5-6,8-11,19H,4,7,12-14H2,1H3. The Labute approximate surface area is 158 Å². The minimum Gasteiger partial charge on any atom is -0.497 e. The van der Waals surface area contributed by atoms with Crippen molar-refractivity contribution in [3.63, 3.8) is 0 Å². The minimum atomic E-state index is 0.178. The smallest absolute Gasteiger partial charge is 0.233 e. The van der Waals surface area contributed by atoms with E-state index in [1.165, 1.54) is 11.1 Å². The third kappa shape index (κ3) is 3.49. The summed E-state index contributed by atoms with van der Waals surface area (Å²) < 4.78 is 5.23. The molecule has 0 bridgehead atoms. The first-order valence-corrected chi connectivity index (χ1v) is 9.95. The molecule has 0 N–H and O–H groups in total. The van der Waals surface area contributed by atoms with E-state index in [9.17, 15) is 4.79 Å². The fraction of sp³-hybridized carbons (Fsp3) is 0.333. The van der Waals surface area contributed by atoms with Gasteiger partial charge in [-0.15, -0.1) is 11.8 Å². The maximum Gasteiger partial charge on any atom is 0.233 e. The van der Waals surface area contributed by atoms with E-state index in [-0.39, 0.29) is 11.9 Å².